The average molecular weight is 366 g/mol. The Labute approximate surface area is 154 Å². The van der Waals surface area contributed by atoms with Crippen LogP contribution in [0.2, 0.25) is 0 Å². The molecule has 0 atom stereocenters. The Morgan fingerprint density at radius 2 is 1.80 bits per heavy atom. The third-order valence-corrected chi connectivity index (χ3v) is 4.92. The number of nitrogens with zero attached hydrogens (tertiary/aromatic N) is 2. The third-order valence-electron chi connectivity index (χ3n) is 4.92. The van der Waals surface area contributed by atoms with Gasteiger partial charge in [-0.2, -0.15) is 0 Å². The van der Waals surface area contributed by atoms with Gasteiger partial charge in [0.25, 0.3) is 17.7 Å². The minimum atomic E-state index is -0.339. The molecular formula is C18H24ClN3O3. The lowest BCUT2D eigenvalue weighted by Gasteiger charge is -2.32. The number of carbonyl (C=O) groups is 3. The van der Waals surface area contributed by atoms with E-state index in [1.807, 2.05) is 4.90 Å². The molecular weight excluding hydrogens is 342 g/mol. The molecule has 0 unspecified atom stereocenters. The van der Waals surface area contributed by atoms with Crippen molar-refractivity contribution in [1.82, 2.24) is 15.1 Å². The van der Waals surface area contributed by atoms with Crippen LogP contribution < -0.4 is 5.32 Å². The van der Waals surface area contributed by atoms with Crippen LogP contribution >= 0.6 is 12.4 Å². The van der Waals surface area contributed by atoms with Gasteiger partial charge in [0.2, 0.25) is 0 Å². The summed E-state index contributed by atoms with van der Waals surface area (Å²) >= 11 is 0. The van der Waals surface area contributed by atoms with Crippen LogP contribution in [0, 0.1) is 5.92 Å². The zero-order chi connectivity index (χ0) is 17.3. The number of imide groups is 1. The Morgan fingerprint density at radius 1 is 1.16 bits per heavy atom. The number of halogens is 1. The molecule has 25 heavy (non-hydrogen) atoms. The quantitative estimate of drug-likeness (QED) is 0.826. The highest BCUT2D eigenvalue weighted by molar-refractivity contribution is 6.21. The van der Waals surface area contributed by atoms with Crippen LogP contribution in [0.15, 0.2) is 18.2 Å². The lowest BCUT2D eigenvalue weighted by atomic mass is 9.96. The molecule has 6 nitrogen and oxygen atoms in total. The zero-order valence-electron chi connectivity index (χ0n) is 14.6. The van der Waals surface area contributed by atoms with Gasteiger partial charge in [-0.05, 0) is 50.0 Å². The van der Waals surface area contributed by atoms with Crippen molar-refractivity contribution in [1.29, 1.82) is 0 Å². The first-order valence-corrected chi connectivity index (χ1v) is 8.49. The number of piperidine rings is 1. The van der Waals surface area contributed by atoms with Crippen LogP contribution in [-0.2, 0) is 0 Å². The van der Waals surface area contributed by atoms with E-state index in [0.717, 1.165) is 43.9 Å². The van der Waals surface area contributed by atoms with E-state index in [2.05, 4.69) is 12.2 Å². The van der Waals surface area contributed by atoms with Crippen molar-refractivity contribution >= 4 is 30.1 Å². The van der Waals surface area contributed by atoms with Crippen LogP contribution in [-0.4, -0.2) is 60.7 Å². The van der Waals surface area contributed by atoms with Crippen molar-refractivity contribution in [2.45, 2.75) is 19.8 Å². The van der Waals surface area contributed by atoms with Crippen molar-refractivity contribution in [3.8, 4) is 0 Å². The van der Waals surface area contributed by atoms with E-state index in [1.54, 1.807) is 18.2 Å². The maximum Gasteiger partial charge on any atom is 0.261 e. The van der Waals surface area contributed by atoms with Crippen LogP contribution in [0.1, 0.15) is 50.8 Å². The molecule has 2 aliphatic rings. The number of hydrogen-bond acceptors (Lipinski definition) is 4. The Hall–Kier alpha value is -1.92. The van der Waals surface area contributed by atoms with Gasteiger partial charge in [-0.1, -0.05) is 6.92 Å². The molecule has 136 valence electrons. The first-order chi connectivity index (χ1) is 11.5. The number of nitrogens with one attached hydrogen (secondary N) is 1. The molecule has 2 heterocycles. The predicted molar refractivity (Wildman–Crippen MR) is 97.3 cm³/mol. The van der Waals surface area contributed by atoms with E-state index >= 15 is 0 Å². The normalized spacial score (nSPS) is 17.5. The Kier molecular flexibility index (Phi) is 6.19. The smallest absolute Gasteiger partial charge is 0.261 e. The number of rotatable bonds is 4. The molecule has 2 aliphatic heterocycles. The number of hydrogen-bond donors (Lipinski definition) is 1. The fourth-order valence-corrected chi connectivity index (χ4v) is 3.37. The van der Waals surface area contributed by atoms with E-state index in [0.29, 0.717) is 22.6 Å². The Morgan fingerprint density at radius 3 is 2.44 bits per heavy atom. The van der Waals surface area contributed by atoms with Crippen molar-refractivity contribution in [2.24, 2.45) is 5.92 Å². The second-order valence-electron chi connectivity index (χ2n) is 6.47. The van der Waals surface area contributed by atoms with Gasteiger partial charge in [-0.25, -0.2) is 0 Å². The lowest BCUT2D eigenvalue weighted by Crippen LogP contribution is -2.40. The highest BCUT2D eigenvalue weighted by Gasteiger charge is 2.34. The molecule has 1 aromatic carbocycles. The summed E-state index contributed by atoms with van der Waals surface area (Å²) in [7, 11) is 1.46. The largest absolute Gasteiger partial charge is 0.339 e. The fourth-order valence-electron chi connectivity index (χ4n) is 3.37. The SMILES string of the molecule is CCNCC1CCN(C(=O)c2ccc3c(c2)C(=O)N(C)C3=O)CC1.Cl. The molecule has 7 heteroatoms. The molecule has 3 rings (SSSR count). The monoisotopic (exact) mass is 365 g/mol. The standard InChI is InChI=1S/C18H23N3O3.ClH/c1-3-19-11-12-6-8-21(9-7-12)16(22)13-4-5-14-15(10-13)18(24)20(2)17(14)23;/h4-5,10,12,19H,3,6-9,11H2,1-2H3;1H. The van der Waals surface area contributed by atoms with Crippen LogP contribution in [0.5, 0.6) is 0 Å². The second kappa shape index (κ2) is 7.97. The summed E-state index contributed by atoms with van der Waals surface area (Å²) in [6, 6.07) is 4.80. The topological polar surface area (TPSA) is 69.7 Å². The van der Waals surface area contributed by atoms with Crippen molar-refractivity contribution in [3.63, 3.8) is 0 Å². The van der Waals surface area contributed by atoms with E-state index in [4.69, 9.17) is 0 Å². The van der Waals surface area contributed by atoms with Crippen LogP contribution in [0.4, 0.5) is 0 Å². The van der Waals surface area contributed by atoms with Gasteiger partial charge in [0.1, 0.15) is 0 Å². The predicted octanol–water partition coefficient (Wildman–Crippen LogP) is 1.80. The molecule has 0 aliphatic carbocycles. The average Bonchev–Trinajstić information content (AvgIpc) is 2.84. The molecule has 0 aromatic heterocycles. The highest BCUT2D eigenvalue weighted by Crippen LogP contribution is 2.24. The van der Waals surface area contributed by atoms with Gasteiger partial charge in [0.15, 0.2) is 0 Å². The maximum atomic E-state index is 12.7. The van der Waals surface area contributed by atoms with E-state index < -0.39 is 0 Å². The van der Waals surface area contributed by atoms with Gasteiger partial charge < -0.3 is 10.2 Å². The van der Waals surface area contributed by atoms with Crippen molar-refractivity contribution < 1.29 is 14.4 Å². The molecule has 1 aromatic rings. The number of amides is 3. The summed E-state index contributed by atoms with van der Waals surface area (Å²) < 4.78 is 0. The summed E-state index contributed by atoms with van der Waals surface area (Å²) in [4.78, 5) is 39.6. The summed E-state index contributed by atoms with van der Waals surface area (Å²) in [6.45, 7) is 5.53. The summed E-state index contributed by atoms with van der Waals surface area (Å²) in [5.41, 5.74) is 1.19. The second-order valence-corrected chi connectivity index (χ2v) is 6.47. The molecule has 3 amide bonds. The first kappa shape index (κ1) is 19.4. The molecule has 1 N–H and O–H groups in total. The zero-order valence-corrected chi connectivity index (χ0v) is 15.4. The van der Waals surface area contributed by atoms with Crippen LogP contribution in [0.25, 0.3) is 0 Å². The first-order valence-electron chi connectivity index (χ1n) is 8.49. The number of fused-ring (bicyclic) bond motifs is 1. The summed E-state index contributed by atoms with van der Waals surface area (Å²) in [5.74, 6) is -0.0939. The van der Waals surface area contributed by atoms with Gasteiger partial charge in [-0.15, -0.1) is 12.4 Å². The summed E-state index contributed by atoms with van der Waals surface area (Å²) in [5, 5.41) is 3.36. The molecule has 0 saturated carbocycles. The molecule has 1 fully saturated rings. The molecule has 0 radical (unpaired) electrons. The van der Waals surface area contributed by atoms with Gasteiger partial charge in [0, 0.05) is 25.7 Å². The maximum absolute atomic E-state index is 12.7. The number of carbonyl (C=O) groups excluding carboxylic acids is 3. The van der Waals surface area contributed by atoms with Gasteiger partial charge >= 0.3 is 0 Å². The molecule has 0 bridgehead atoms. The summed E-state index contributed by atoms with van der Waals surface area (Å²) in [6.07, 6.45) is 1.98. The van der Waals surface area contributed by atoms with E-state index in [1.165, 1.54) is 7.05 Å². The van der Waals surface area contributed by atoms with Crippen molar-refractivity contribution in [2.75, 3.05) is 33.2 Å². The number of benzene rings is 1. The molecule has 1 saturated heterocycles. The highest BCUT2D eigenvalue weighted by atomic mass is 35.5. The van der Waals surface area contributed by atoms with E-state index in [9.17, 15) is 14.4 Å². The van der Waals surface area contributed by atoms with Crippen LogP contribution in [0.3, 0.4) is 0 Å². The fraction of sp³-hybridized carbons (Fsp3) is 0.500. The minimum absolute atomic E-state index is 0. The third kappa shape index (κ3) is 3.70. The molecule has 0 spiro atoms. The lowest BCUT2D eigenvalue weighted by molar-refractivity contribution is 0.0684. The van der Waals surface area contributed by atoms with Crippen molar-refractivity contribution in [3.05, 3.63) is 34.9 Å². The van der Waals surface area contributed by atoms with E-state index in [-0.39, 0.29) is 30.1 Å². The Bertz CT molecular complexity index is 684. The van der Waals surface area contributed by atoms with Gasteiger partial charge in [0.05, 0.1) is 11.1 Å². The minimum Gasteiger partial charge on any atom is -0.339 e. The van der Waals surface area contributed by atoms with Gasteiger partial charge in [-0.3, -0.25) is 19.3 Å². The number of likely N-dealkylation sites (tertiary alicyclic amines) is 1. The Balaban J connectivity index is 0.00000225.